The van der Waals surface area contributed by atoms with Crippen molar-refractivity contribution in [1.82, 2.24) is 14.9 Å². The van der Waals surface area contributed by atoms with Crippen molar-refractivity contribution in [2.45, 2.75) is 0 Å². The number of hydrogen-bond donors (Lipinski definition) is 2. The number of fused-ring (bicyclic) bond motifs is 1. The summed E-state index contributed by atoms with van der Waals surface area (Å²) >= 11 is 0. The molecule has 0 saturated carbocycles. The number of nitrogens with zero attached hydrogens (tertiary/aromatic N) is 3. The first kappa shape index (κ1) is 14.3. The number of amides is 2. The van der Waals surface area contributed by atoms with Crippen LogP contribution in [0.2, 0.25) is 0 Å². The molecule has 2 aromatic rings. The molecule has 8 nitrogen and oxygen atoms in total. The Balaban J connectivity index is 1.85. The number of urea groups is 1. The van der Waals surface area contributed by atoms with Gasteiger partial charge in [-0.15, -0.1) is 0 Å². The van der Waals surface area contributed by atoms with Gasteiger partial charge in [0, 0.05) is 38.3 Å². The quantitative estimate of drug-likeness (QED) is 0.873. The van der Waals surface area contributed by atoms with Crippen LogP contribution in [-0.4, -0.2) is 61.3 Å². The van der Waals surface area contributed by atoms with Crippen LogP contribution in [-0.2, 0) is 0 Å². The van der Waals surface area contributed by atoms with Crippen LogP contribution >= 0.6 is 0 Å². The van der Waals surface area contributed by atoms with Crippen molar-refractivity contribution in [3.63, 3.8) is 0 Å². The van der Waals surface area contributed by atoms with Gasteiger partial charge >= 0.3 is 6.03 Å². The molecule has 1 aromatic carbocycles. The maximum atomic E-state index is 11.2. The van der Waals surface area contributed by atoms with Crippen molar-refractivity contribution in [1.29, 1.82) is 0 Å². The van der Waals surface area contributed by atoms with E-state index in [-0.39, 0.29) is 6.03 Å². The summed E-state index contributed by atoms with van der Waals surface area (Å²) in [6, 6.07) is 3.33. The second-order valence-corrected chi connectivity index (χ2v) is 5.10. The lowest BCUT2D eigenvalue weighted by Gasteiger charge is -2.33. The van der Waals surface area contributed by atoms with E-state index < -0.39 is 0 Å². The van der Waals surface area contributed by atoms with Crippen molar-refractivity contribution >= 4 is 23.0 Å². The Morgan fingerprint density at radius 1 is 1.18 bits per heavy atom. The Morgan fingerprint density at radius 2 is 1.82 bits per heavy atom. The van der Waals surface area contributed by atoms with Crippen LogP contribution in [0.5, 0.6) is 11.5 Å². The number of aromatic nitrogens is 2. The molecular formula is C14H19N5O3. The lowest BCUT2D eigenvalue weighted by molar-refractivity contribution is 0.204. The molecule has 1 aromatic heterocycles. The average molecular weight is 305 g/mol. The van der Waals surface area contributed by atoms with Gasteiger partial charge in [0.05, 0.1) is 25.3 Å². The number of imidazole rings is 1. The first-order chi connectivity index (χ1) is 10.6. The summed E-state index contributed by atoms with van der Waals surface area (Å²) in [6.45, 7) is 2.58. The van der Waals surface area contributed by atoms with Crippen LogP contribution in [0.25, 0.3) is 11.0 Å². The van der Waals surface area contributed by atoms with E-state index in [4.69, 9.17) is 15.2 Å². The highest BCUT2D eigenvalue weighted by atomic mass is 16.5. The standard InChI is InChI=1S/C14H19N5O3/c1-21-11-7-9-10(8-12(11)22-2)17-14(16-9)19-5-3-18(4-6-19)13(15)20/h7-8H,3-6H2,1-2H3,(H2,15,20)(H,16,17). The Hall–Kier alpha value is -2.64. The van der Waals surface area contributed by atoms with E-state index in [9.17, 15) is 4.79 Å². The third kappa shape index (κ3) is 2.47. The van der Waals surface area contributed by atoms with Gasteiger partial charge in [-0.25, -0.2) is 9.78 Å². The second kappa shape index (κ2) is 5.63. The smallest absolute Gasteiger partial charge is 0.314 e. The highest BCUT2D eigenvalue weighted by Gasteiger charge is 2.21. The summed E-state index contributed by atoms with van der Waals surface area (Å²) < 4.78 is 10.6. The second-order valence-electron chi connectivity index (χ2n) is 5.10. The van der Waals surface area contributed by atoms with E-state index >= 15 is 0 Å². The average Bonchev–Trinajstić information content (AvgIpc) is 2.96. The van der Waals surface area contributed by atoms with Crippen LogP contribution in [0.15, 0.2) is 12.1 Å². The number of ether oxygens (including phenoxy) is 2. The van der Waals surface area contributed by atoms with E-state index in [1.165, 1.54) is 0 Å². The maximum absolute atomic E-state index is 11.2. The number of rotatable bonds is 3. The molecule has 0 aliphatic carbocycles. The maximum Gasteiger partial charge on any atom is 0.314 e. The van der Waals surface area contributed by atoms with Crippen molar-refractivity contribution in [2.75, 3.05) is 45.3 Å². The zero-order valence-electron chi connectivity index (χ0n) is 12.6. The minimum Gasteiger partial charge on any atom is -0.493 e. The molecule has 8 heteroatoms. The topological polar surface area (TPSA) is 96.7 Å². The van der Waals surface area contributed by atoms with Gasteiger partial charge in [0.2, 0.25) is 5.95 Å². The van der Waals surface area contributed by atoms with Gasteiger partial charge in [0.15, 0.2) is 11.5 Å². The molecule has 2 amide bonds. The fourth-order valence-corrected chi connectivity index (χ4v) is 2.61. The minimum atomic E-state index is -0.376. The molecule has 2 heterocycles. The summed E-state index contributed by atoms with van der Waals surface area (Å²) in [6.07, 6.45) is 0. The molecule has 118 valence electrons. The molecule has 0 atom stereocenters. The zero-order chi connectivity index (χ0) is 15.7. The molecule has 0 unspecified atom stereocenters. The number of hydrogen-bond acceptors (Lipinski definition) is 5. The van der Waals surface area contributed by atoms with Gasteiger partial charge in [-0.1, -0.05) is 0 Å². The van der Waals surface area contributed by atoms with Crippen LogP contribution < -0.4 is 20.1 Å². The molecule has 1 aliphatic heterocycles. The van der Waals surface area contributed by atoms with Crippen LogP contribution in [0.4, 0.5) is 10.7 Å². The Labute approximate surface area is 127 Å². The molecule has 22 heavy (non-hydrogen) atoms. The number of H-pyrrole nitrogens is 1. The number of anilines is 1. The number of methoxy groups -OCH3 is 2. The van der Waals surface area contributed by atoms with Crippen molar-refractivity contribution in [2.24, 2.45) is 5.73 Å². The van der Waals surface area contributed by atoms with Crippen LogP contribution in [0, 0.1) is 0 Å². The van der Waals surface area contributed by atoms with Gasteiger partial charge in [0.1, 0.15) is 0 Å². The third-order valence-electron chi connectivity index (χ3n) is 3.87. The van der Waals surface area contributed by atoms with Gasteiger partial charge < -0.3 is 30.0 Å². The van der Waals surface area contributed by atoms with Crippen LogP contribution in [0.1, 0.15) is 0 Å². The van der Waals surface area contributed by atoms with Crippen molar-refractivity contribution in [3.05, 3.63) is 12.1 Å². The predicted octanol–water partition coefficient (Wildman–Crippen LogP) is 0.781. The number of piperazine rings is 1. The summed E-state index contributed by atoms with van der Waals surface area (Å²) in [5.41, 5.74) is 6.98. The normalized spacial score (nSPS) is 15.2. The van der Waals surface area contributed by atoms with Crippen molar-refractivity contribution in [3.8, 4) is 11.5 Å². The number of carbonyl (C=O) groups is 1. The lowest BCUT2D eigenvalue weighted by atomic mass is 10.3. The van der Waals surface area contributed by atoms with Crippen molar-refractivity contribution < 1.29 is 14.3 Å². The molecule has 3 N–H and O–H groups in total. The van der Waals surface area contributed by atoms with Gasteiger partial charge in [-0.2, -0.15) is 0 Å². The molecule has 1 fully saturated rings. The zero-order valence-corrected chi connectivity index (χ0v) is 12.6. The highest BCUT2D eigenvalue weighted by molar-refractivity contribution is 5.82. The lowest BCUT2D eigenvalue weighted by Crippen LogP contribution is -2.50. The van der Waals surface area contributed by atoms with E-state index in [1.807, 2.05) is 12.1 Å². The van der Waals surface area contributed by atoms with E-state index in [0.29, 0.717) is 37.7 Å². The molecule has 0 bridgehead atoms. The van der Waals surface area contributed by atoms with Crippen LogP contribution in [0.3, 0.4) is 0 Å². The molecule has 3 rings (SSSR count). The number of aromatic amines is 1. The van der Waals surface area contributed by atoms with E-state index in [0.717, 1.165) is 17.0 Å². The van der Waals surface area contributed by atoms with Gasteiger partial charge in [-0.3, -0.25) is 0 Å². The third-order valence-corrected chi connectivity index (χ3v) is 3.87. The molecule has 1 saturated heterocycles. The first-order valence-electron chi connectivity index (χ1n) is 7.03. The predicted molar refractivity (Wildman–Crippen MR) is 82.6 cm³/mol. The fraction of sp³-hybridized carbons (Fsp3) is 0.429. The monoisotopic (exact) mass is 305 g/mol. The van der Waals surface area contributed by atoms with E-state index in [1.54, 1.807) is 19.1 Å². The molecule has 1 aliphatic rings. The highest BCUT2D eigenvalue weighted by Crippen LogP contribution is 2.32. The summed E-state index contributed by atoms with van der Waals surface area (Å²) in [5.74, 6) is 2.07. The summed E-state index contributed by atoms with van der Waals surface area (Å²) in [5, 5.41) is 0. The van der Waals surface area contributed by atoms with Gasteiger partial charge in [0.25, 0.3) is 0 Å². The number of carbonyl (C=O) groups excluding carboxylic acids is 1. The van der Waals surface area contributed by atoms with Gasteiger partial charge in [-0.05, 0) is 0 Å². The fourth-order valence-electron chi connectivity index (χ4n) is 2.61. The molecular weight excluding hydrogens is 286 g/mol. The number of benzene rings is 1. The number of nitrogens with one attached hydrogen (secondary N) is 1. The Morgan fingerprint density at radius 3 is 2.41 bits per heavy atom. The SMILES string of the molecule is COc1cc2nc(N3CCN(C(N)=O)CC3)[nH]c2cc1OC. The largest absolute Gasteiger partial charge is 0.493 e. The summed E-state index contributed by atoms with van der Waals surface area (Å²) in [4.78, 5) is 22.8. The first-order valence-corrected chi connectivity index (χ1v) is 7.03. The summed E-state index contributed by atoms with van der Waals surface area (Å²) in [7, 11) is 3.20. The van der Waals surface area contributed by atoms with E-state index in [2.05, 4.69) is 14.9 Å². The number of primary amides is 1. The Bertz CT molecular complexity index is 650. The minimum absolute atomic E-state index is 0.376. The number of nitrogens with two attached hydrogens (primary N) is 1. The molecule has 0 spiro atoms. The molecule has 0 radical (unpaired) electrons. The Kier molecular flexibility index (Phi) is 3.66.